The van der Waals surface area contributed by atoms with Gasteiger partial charge in [-0.05, 0) is 20.3 Å². The van der Waals surface area contributed by atoms with Crippen molar-refractivity contribution in [3.8, 4) is 0 Å². The van der Waals surface area contributed by atoms with E-state index in [2.05, 4.69) is 16.5 Å². The van der Waals surface area contributed by atoms with Gasteiger partial charge in [-0.1, -0.05) is 0 Å². The molecule has 1 fully saturated rings. The minimum atomic E-state index is 0.520. The van der Waals surface area contributed by atoms with E-state index < -0.39 is 0 Å². The summed E-state index contributed by atoms with van der Waals surface area (Å²) in [5, 5.41) is 0. The van der Waals surface area contributed by atoms with E-state index >= 15 is 0 Å². The second kappa shape index (κ2) is 2.90. The van der Waals surface area contributed by atoms with Gasteiger partial charge in [0.25, 0.3) is 0 Å². The van der Waals surface area contributed by atoms with E-state index in [-0.39, 0.29) is 0 Å². The van der Waals surface area contributed by atoms with E-state index in [0.717, 1.165) is 25.3 Å². The number of hydrogen-bond donors (Lipinski definition) is 0. The van der Waals surface area contributed by atoms with Crippen LogP contribution in [-0.2, 0) is 4.74 Å². The number of imidazole rings is 1. The van der Waals surface area contributed by atoms with Crippen molar-refractivity contribution in [3.63, 3.8) is 0 Å². The van der Waals surface area contributed by atoms with Gasteiger partial charge in [-0.15, -0.1) is 0 Å². The molecule has 0 aromatic carbocycles. The van der Waals surface area contributed by atoms with Crippen molar-refractivity contribution < 1.29 is 4.74 Å². The topological polar surface area (TPSA) is 27.1 Å². The molecule has 3 heteroatoms. The molecule has 1 aromatic heterocycles. The molecular formula is C9H14N2O. The van der Waals surface area contributed by atoms with Crippen molar-refractivity contribution in [3.05, 3.63) is 17.7 Å². The van der Waals surface area contributed by atoms with Crippen LogP contribution in [0.4, 0.5) is 0 Å². The highest BCUT2D eigenvalue weighted by atomic mass is 16.5. The molecule has 1 atom stereocenters. The molecule has 0 amide bonds. The highest BCUT2D eigenvalue weighted by Crippen LogP contribution is 2.21. The third kappa shape index (κ3) is 1.14. The van der Waals surface area contributed by atoms with E-state index in [1.165, 1.54) is 5.69 Å². The molecule has 0 aliphatic carbocycles. The first-order valence-corrected chi connectivity index (χ1v) is 4.37. The van der Waals surface area contributed by atoms with Gasteiger partial charge in [-0.2, -0.15) is 0 Å². The monoisotopic (exact) mass is 166 g/mol. The van der Waals surface area contributed by atoms with Crippen LogP contribution >= 0.6 is 0 Å². The molecule has 2 heterocycles. The predicted octanol–water partition coefficient (Wildman–Crippen LogP) is 1.46. The quantitative estimate of drug-likeness (QED) is 0.631. The lowest BCUT2D eigenvalue weighted by Crippen LogP contribution is -2.08. The Kier molecular flexibility index (Phi) is 1.89. The van der Waals surface area contributed by atoms with Crippen LogP contribution in [0.1, 0.15) is 23.9 Å². The fraction of sp³-hybridized carbons (Fsp3) is 0.667. The van der Waals surface area contributed by atoms with Gasteiger partial charge in [0.15, 0.2) is 0 Å². The summed E-state index contributed by atoms with van der Waals surface area (Å²) < 4.78 is 7.55. The molecule has 2 rings (SSSR count). The number of aryl methyl sites for hydroxylation is 1. The first-order chi connectivity index (χ1) is 5.79. The maximum atomic E-state index is 5.33. The minimum Gasteiger partial charge on any atom is -0.379 e. The molecule has 0 bridgehead atoms. The van der Waals surface area contributed by atoms with Crippen LogP contribution < -0.4 is 0 Å². The van der Waals surface area contributed by atoms with Crippen molar-refractivity contribution in [1.82, 2.24) is 9.55 Å². The minimum absolute atomic E-state index is 0.520. The summed E-state index contributed by atoms with van der Waals surface area (Å²) in [7, 11) is 0. The first kappa shape index (κ1) is 7.80. The van der Waals surface area contributed by atoms with Gasteiger partial charge >= 0.3 is 0 Å². The molecule has 1 aromatic rings. The highest BCUT2D eigenvalue weighted by Gasteiger charge is 2.18. The smallest absolute Gasteiger partial charge is 0.0954 e. The summed E-state index contributed by atoms with van der Waals surface area (Å²) in [6.45, 7) is 5.89. The van der Waals surface area contributed by atoms with Gasteiger partial charge in [-0.25, -0.2) is 4.98 Å². The van der Waals surface area contributed by atoms with Crippen molar-refractivity contribution in [1.29, 1.82) is 0 Å². The number of hydrogen-bond acceptors (Lipinski definition) is 2. The van der Waals surface area contributed by atoms with Crippen LogP contribution in [0.3, 0.4) is 0 Å². The average molecular weight is 166 g/mol. The Morgan fingerprint density at radius 2 is 2.42 bits per heavy atom. The molecule has 0 N–H and O–H groups in total. The van der Waals surface area contributed by atoms with Crippen LogP contribution in [-0.4, -0.2) is 22.8 Å². The van der Waals surface area contributed by atoms with E-state index in [9.17, 15) is 0 Å². The Morgan fingerprint density at radius 3 is 2.92 bits per heavy atom. The van der Waals surface area contributed by atoms with Crippen LogP contribution in [0.25, 0.3) is 0 Å². The van der Waals surface area contributed by atoms with Crippen LogP contribution in [0, 0.1) is 13.8 Å². The molecule has 1 aliphatic rings. The number of aromatic nitrogens is 2. The Labute approximate surface area is 72.4 Å². The molecule has 0 spiro atoms. The summed E-state index contributed by atoms with van der Waals surface area (Å²) in [6, 6.07) is 0.520. The van der Waals surface area contributed by atoms with Gasteiger partial charge in [0.1, 0.15) is 0 Å². The Morgan fingerprint density at radius 1 is 1.58 bits per heavy atom. The average Bonchev–Trinajstić information content (AvgIpc) is 2.64. The molecule has 66 valence electrons. The third-order valence-electron chi connectivity index (χ3n) is 2.59. The summed E-state index contributed by atoms with van der Waals surface area (Å²) in [5.41, 5.74) is 2.40. The Balaban J connectivity index is 2.26. The van der Waals surface area contributed by atoms with Crippen LogP contribution in [0.15, 0.2) is 6.33 Å². The lowest BCUT2D eigenvalue weighted by atomic mass is 10.2. The van der Waals surface area contributed by atoms with Crippen LogP contribution in [0.5, 0.6) is 0 Å². The van der Waals surface area contributed by atoms with E-state index in [1.807, 2.05) is 13.3 Å². The molecule has 3 nitrogen and oxygen atoms in total. The molecular weight excluding hydrogens is 152 g/mol. The van der Waals surface area contributed by atoms with Gasteiger partial charge < -0.3 is 9.30 Å². The van der Waals surface area contributed by atoms with Crippen molar-refractivity contribution >= 4 is 0 Å². The van der Waals surface area contributed by atoms with Gasteiger partial charge in [0.2, 0.25) is 0 Å². The van der Waals surface area contributed by atoms with E-state index in [1.54, 1.807) is 0 Å². The molecule has 1 aliphatic heterocycles. The zero-order valence-electron chi connectivity index (χ0n) is 7.58. The second-order valence-electron chi connectivity index (χ2n) is 3.34. The molecule has 0 saturated carbocycles. The van der Waals surface area contributed by atoms with Crippen molar-refractivity contribution in [2.24, 2.45) is 0 Å². The highest BCUT2D eigenvalue weighted by molar-refractivity contribution is 5.10. The first-order valence-electron chi connectivity index (χ1n) is 4.37. The number of nitrogens with zero attached hydrogens (tertiary/aromatic N) is 2. The zero-order valence-corrected chi connectivity index (χ0v) is 7.58. The summed E-state index contributed by atoms with van der Waals surface area (Å²) >= 11 is 0. The number of ether oxygens (including phenoxy) is 1. The fourth-order valence-corrected chi connectivity index (χ4v) is 1.63. The SMILES string of the molecule is Cc1ncn(C2CCOC2)c1C. The van der Waals surface area contributed by atoms with Gasteiger partial charge in [0, 0.05) is 12.3 Å². The number of rotatable bonds is 1. The van der Waals surface area contributed by atoms with E-state index in [0.29, 0.717) is 6.04 Å². The summed E-state index contributed by atoms with van der Waals surface area (Å²) in [5.74, 6) is 0. The molecule has 1 unspecified atom stereocenters. The Hall–Kier alpha value is -0.830. The largest absolute Gasteiger partial charge is 0.379 e. The van der Waals surface area contributed by atoms with Gasteiger partial charge in [-0.3, -0.25) is 0 Å². The molecule has 1 saturated heterocycles. The lowest BCUT2D eigenvalue weighted by molar-refractivity contribution is 0.186. The zero-order chi connectivity index (χ0) is 8.55. The second-order valence-corrected chi connectivity index (χ2v) is 3.34. The lowest BCUT2D eigenvalue weighted by Gasteiger charge is -2.11. The molecule has 0 radical (unpaired) electrons. The van der Waals surface area contributed by atoms with Crippen molar-refractivity contribution in [2.75, 3.05) is 13.2 Å². The van der Waals surface area contributed by atoms with Gasteiger partial charge in [0.05, 0.1) is 24.7 Å². The van der Waals surface area contributed by atoms with Crippen molar-refractivity contribution in [2.45, 2.75) is 26.3 Å². The maximum Gasteiger partial charge on any atom is 0.0954 e. The van der Waals surface area contributed by atoms with E-state index in [4.69, 9.17) is 4.74 Å². The fourth-order valence-electron chi connectivity index (χ4n) is 1.63. The maximum absolute atomic E-state index is 5.33. The van der Waals surface area contributed by atoms with Crippen LogP contribution in [0.2, 0.25) is 0 Å². The standard InChI is InChI=1S/C9H14N2O/c1-7-8(2)11(6-10-7)9-3-4-12-5-9/h6,9H,3-5H2,1-2H3. The normalized spacial score (nSPS) is 23.3. The predicted molar refractivity (Wildman–Crippen MR) is 46.2 cm³/mol. The summed E-state index contributed by atoms with van der Waals surface area (Å²) in [4.78, 5) is 4.27. The Bertz CT molecular complexity index is 274. The molecule has 12 heavy (non-hydrogen) atoms. The third-order valence-corrected chi connectivity index (χ3v) is 2.59. The summed E-state index contributed by atoms with van der Waals surface area (Å²) in [6.07, 6.45) is 3.04.